The van der Waals surface area contributed by atoms with E-state index < -0.39 is 6.04 Å². The first-order chi connectivity index (χ1) is 9.08. The molecule has 1 aromatic carbocycles. The SMILES string of the molecule is CCC(C)[C@H](N)C(=O)Nc1cccc(CCCO)c1. The number of nitrogens with one attached hydrogen (secondary N) is 1. The van der Waals surface area contributed by atoms with E-state index in [0.717, 1.165) is 30.5 Å². The summed E-state index contributed by atoms with van der Waals surface area (Å²) in [6.07, 6.45) is 2.41. The summed E-state index contributed by atoms with van der Waals surface area (Å²) < 4.78 is 0. The molecule has 0 aliphatic carbocycles. The Hall–Kier alpha value is -1.39. The highest BCUT2D eigenvalue weighted by Gasteiger charge is 2.19. The lowest BCUT2D eigenvalue weighted by molar-refractivity contribution is -0.118. The summed E-state index contributed by atoms with van der Waals surface area (Å²) in [5, 5.41) is 11.7. The first-order valence-corrected chi connectivity index (χ1v) is 6.84. The summed E-state index contributed by atoms with van der Waals surface area (Å²) in [6, 6.07) is 7.18. The van der Waals surface area contributed by atoms with Crippen molar-refractivity contribution in [2.24, 2.45) is 11.7 Å². The van der Waals surface area contributed by atoms with E-state index in [2.05, 4.69) is 5.32 Å². The Balaban J connectivity index is 2.63. The molecule has 0 heterocycles. The van der Waals surface area contributed by atoms with Crippen LogP contribution in [0.5, 0.6) is 0 Å². The van der Waals surface area contributed by atoms with Crippen LogP contribution < -0.4 is 11.1 Å². The number of anilines is 1. The number of benzene rings is 1. The van der Waals surface area contributed by atoms with E-state index in [1.165, 1.54) is 0 Å². The quantitative estimate of drug-likeness (QED) is 0.704. The van der Waals surface area contributed by atoms with Gasteiger partial charge in [-0.05, 0) is 36.5 Å². The van der Waals surface area contributed by atoms with E-state index >= 15 is 0 Å². The van der Waals surface area contributed by atoms with Gasteiger partial charge in [0.25, 0.3) is 0 Å². The second-order valence-corrected chi connectivity index (χ2v) is 4.93. The summed E-state index contributed by atoms with van der Waals surface area (Å²) in [5.41, 5.74) is 7.76. The molecule has 4 nitrogen and oxygen atoms in total. The van der Waals surface area contributed by atoms with Crippen LogP contribution in [0.15, 0.2) is 24.3 Å². The van der Waals surface area contributed by atoms with E-state index in [1.54, 1.807) is 0 Å². The number of hydrogen-bond donors (Lipinski definition) is 3. The number of aryl methyl sites for hydroxylation is 1. The second-order valence-electron chi connectivity index (χ2n) is 4.93. The summed E-state index contributed by atoms with van der Waals surface area (Å²) in [6.45, 7) is 4.17. The molecule has 0 saturated carbocycles. The minimum absolute atomic E-state index is 0.145. The Morgan fingerprint density at radius 2 is 2.21 bits per heavy atom. The molecule has 2 atom stereocenters. The van der Waals surface area contributed by atoms with Crippen LogP contribution in [0.25, 0.3) is 0 Å². The molecule has 1 aromatic rings. The van der Waals surface area contributed by atoms with Crippen molar-refractivity contribution in [1.82, 2.24) is 0 Å². The molecule has 1 rings (SSSR count). The lowest BCUT2D eigenvalue weighted by atomic mass is 9.99. The number of aliphatic hydroxyl groups is 1. The summed E-state index contributed by atoms with van der Waals surface area (Å²) in [7, 11) is 0. The van der Waals surface area contributed by atoms with Crippen molar-refractivity contribution in [3.63, 3.8) is 0 Å². The molecule has 4 N–H and O–H groups in total. The molecule has 1 unspecified atom stereocenters. The molecule has 0 bridgehead atoms. The van der Waals surface area contributed by atoms with Crippen LogP contribution in [0.4, 0.5) is 5.69 Å². The van der Waals surface area contributed by atoms with Crippen LogP contribution in [-0.2, 0) is 11.2 Å². The fraction of sp³-hybridized carbons (Fsp3) is 0.533. The minimum atomic E-state index is -0.480. The zero-order chi connectivity index (χ0) is 14.3. The normalized spacial score (nSPS) is 13.9. The Bertz CT molecular complexity index is 407. The first kappa shape index (κ1) is 15.7. The average Bonchev–Trinajstić information content (AvgIpc) is 2.43. The van der Waals surface area contributed by atoms with Gasteiger partial charge in [0.2, 0.25) is 5.91 Å². The molecule has 4 heteroatoms. The molecule has 1 amide bonds. The van der Waals surface area contributed by atoms with Crippen LogP contribution >= 0.6 is 0 Å². The predicted molar refractivity (Wildman–Crippen MR) is 77.9 cm³/mol. The monoisotopic (exact) mass is 264 g/mol. The molecular weight excluding hydrogens is 240 g/mol. The van der Waals surface area contributed by atoms with Gasteiger partial charge in [0.05, 0.1) is 6.04 Å². The Morgan fingerprint density at radius 1 is 1.47 bits per heavy atom. The zero-order valence-electron chi connectivity index (χ0n) is 11.7. The second kappa shape index (κ2) is 7.92. The van der Waals surface area contributed by atoms with Gasteiger partial charge in [0.1, 0.15) is 0 Å². The number of amides is 1. The van der Waals surface area contributed by atoms with Gasteiger partial charge in [0, 0.05) is 12.3 Å². The topological polar surface area (TPSA) is 75.4 Å². The molecule has 0 aliphatic heterocycles. The van der Waals surface area contributed by atoms with Crippen molar-refractivity contribution >= 4 is 11.6 Å². The smallest absolute Gasteiger partial charge is 0.241 e. The van der Waals surface area contributed by atoms with E-state index in [-0.39, 0.29) is 18.4 Å². The maximum Gasteiger partial charge on any atom is 0.241 e. The molecule has 106 valence electrons. The highest BCUT2D eigenvalue weighted by Crippen LogP contribution is 2.14. The van der Waals surface area contributed by atoms with Crippen LogP contribution in [0.3, 0.4) is 0 Å². The van der Waals surface area contributed by atoms with Crippen molar-refractivity contribution in [2.45, 2.75) is 39.2 Å². The van der Waals surface area contributed by atoms with E-state index in [0.29, 0.717) is 0 Å². The van der Waals surface area contributed by atoms with Gasteiger partial charge >= 0.3 is 0 Å². The van der Waals surface area contributed by atoms with Crippen molar-refractivity contribution < 1.29 is 9.90 Å². The molecule has 0 aliphatic rings. The van der Waals surface area contributed by atoms with Crippen molar-refractivity contribution in [2.75, 3.05) is 11.9 Å². The van der Waals surface area contributed by atoms with Crippen LogP contribution in [0.1, 0.15) is 32.3 Å². The third-order valence-electron chi connectivity index (χ3n) is 3.38. The predicted octanol–water partition coefficient (Wildman–Crippen LogP) is 1.92. The van der Waals surface area contributed by atoms with Crippen LogP contribution in [0.2, 0.25) is 0 Å². The van der Waals surface area contributed by atoms with Gasteiger partial charge in [0.15, 0.2) is 0 Å². The van der Waals surface area contributed by atoms with Crippen molar-refractivity contribution in [3.8, 4) is 0 Å². The molecule has 0 spiro atoms. The van der Waals surface area contributed by atoms with Gasteiger partial charge in [-0.15, -0.1) is 0 Å². The summed E-state index contributed by atoms with van der Waals surface area (Å²) >= 11 is 0. The number of nitrogens with two attached hydrogens (primary N) is 1. The highest BCUT2D eigenvalue weighted by molar-refractivity contribution is 5.94. The summed E-state index contributed by atoms with van der Waals surface area (Å²) in [5.74, 6) is 0.0197. The minimum Gasteiger partial charge on any atom is -0.396 e. The maximum atomic E-state index is 12.0. The van der Waals surface area contributed by atoms with Gasteiger partial charge in [-0.3, -0.25) is 4.79 Å². The molecular formula is C15H24N2O2. The molecule has 0 aromatic heterocycles. The van der Waals surface area contributed by atoms with Gasteiger partial charge in [-0.1, -0.05) is 32.4 Å². The molecule has 0 radical (unpaired) electrons. The maximum absolute atomic E-state index is 12.0. The summed E-state index contributed by atoms with van der Waals surface area (Å²) in [4.78, 5) is 12.0. The largest absolute Gasteiger partial charge is 0.396 e. The Kier molecular flexibility index (Phi) is 6.53. The number of aliphatic hydroxyl groups excluding tert-OH is 1. The van der Waals surface area contributed by atoms with Gasteiger partial charge in [-0.25, -0.2) is 0 Å². The third kappa shape index (κ3) is 5.01. The molecule has 19 heavy (non-hydrogen) atoms. The zero-order valence-corrected chi connectivity index (χ0v) is 11.7. The lowest BCUT2D eigenvalue weighted by Gasteiger charge is -2.18. The third-order valence-corrected chi connectivity index (χ3v) is 3.38. The lowest BCUT2D eigenvalue weighted by Crippen LogP contribution is -2.40. The molecule has 0 fully saturated rings. The van der Waals surface area contributed by atoms with E-state index in [4.69, 9.17) is 10.8 Å². The van der Waals surface area contributed by atoms with Crippen LogP contribution in [-0.4, -0.2) is 23.7 Å². The number of carbonyl (C=O) groups excluding carboxylic acids is 1. The first-order valence-electron chi connectivity index (χ1n) is 6.84. The number of hydrogen-bond acceptors (Lipinski definition) is 3. The van der Waals surface area contributed by atoms with E-state index in [1.807, 2.05) is 38.1 Å². The fourth-order valence-corrected chi connectivity index (χ4v) is 1.83. The Labute approximate surface area is 115 Å². The number of carbonyl (C=O) groups is 1. The number of rotatable bonds is 7. The highest BCUT2D eigenvalue weighted by atomic mass is 16.2. The van der Waals surface area contributed by atoms with Crippen molar-refractivity contribution in [3.05, 3.63) is 29.8 Å². The van der Waals surface area contributed by atoms with Gasteiger partial charge in [-0.2, -0.15) is 0 Å². The fourth-order valence-electron chi connectivity index (χ4n) is 1.83. The Morgan fingerprint density at radius 3 is 2.84 bits per heavy atom. The van der Waals surface area contributed by atoms with Crippen LogP contribution in [0, 0.1) is 5.92 Å². The van der Waals surface area contributed by atoms with E-state index in [9.17, 15) is 4.79 Å². The van der Waals surface area contributed by atoms with Crippen molar-refractivity contribution in [1.29, 1.82) is 0 Å². The standard InChI is InChI=1S/C15H24N2O2/c1-3-11(2)14(16)15(19)17-13-8-4-6-12(10-13)7-5-9-18/h4,6,8,10-11,14,18H,3,5,7,9,16H2,1-2H3,(H,17,19)/t11?,14-/m0/s1. The van der Waals surface area contributed by atoms with Gasteiger partial charge < -0.3 is 16.2 Å². The molecule has 0 saturated heterocycles. The average molecular weight is 264 g/mol.